The third kappa shape index (κ3) is 5.70. The topological polar surface area (TPSA) is 16.4 Å². The van der Waals surface area contributed by atoms with E-state index in [1.807, 2.05) is 0 Å². The van der Waals surface area contributed by atoms with Crippen LogP contribution in [0.5, 0.6) is 0 Å². The molecule has 0 saturated heterocycles. The molecule has 0 spiro atoms. The molecule has 12 rings (SSSR count). The number of furan rings is 1. The Morgan fingerprint density at radius 2 is 1.06 bits per heavy atom. The normalized spacial score (nSPS) is 16.1. The summed E-state index contributed by atoms with van der Waals surface area (Å²) < 4.78 is 6.75. The van der Waals surface area contributed by atoms with Crippen molar-refractivity contribution >= 4 is 49.8 Å². The van der Waals surface area contributed by atoms with Crippen LogP contribution in [0.25, 0.3) is 66.1 Å². The Hall–Kier alpha value is -7.16. The fraction of sp³-hybridized carbons (Fsp3) is 0.133. The average Bonchev–Trinajstić information content (AvgIpc) is 3.85. The quantitative estimate of drug-likeness (QED) is 0.160. The Morgan fingerprint density at radius 3 is 1.87 bits per heavy atom. The van der Waals surface area contributed by atoms with Gasteiger partial charge in [-0.1, -0.05) is 189 Å². The van der Waals surface area contributed by atoms with E-state index in [4.69, 9.17) is 4.42 Å². The molecule has 298 valence electrons. The van der Waals surface area contributed by atoms with Crippen LogP contribution in [0.2, 0.25) is 0 Å². The second kappa shape index (κ2) is 14.8. The van der Waals surface area contributed by atoms with Crippen LogP contribution in [0.3, 0.4) is 0 Å². The molecule has 1 atom stereocenters. The minimum Gasteiger partial charge on any atom is -0.455 e. The lowest BCUT2D eigenvalue weighted by molar-refractivity contribution is 0.445. The van der Waals surface area contributed by atoms with Gasteiger partial charge in [0.1, 0.15) is 11.2 Å². The van der Waals surface area contributed by atoms with Crippen molar-refractivity contribution in [2.24, 2.45) is 0 Å². The molecular weight excluding hydrogens is 751 g/mol. The highest BCUT2D eigenvalue weighted by Gasteiger charge is 2.41. The molecule has 0 amide bonds. The summed E-state index contributed by atoms with van der Waals surface area (Å²) in [5.74, 6) is 0.566. The molecule has 2 nitrogen and oxygen atoms in total. The predicted molar refractivity (Wildman–Crippen MR) is 260 cm³/mol. The minimum atomic E-state index is -0.349. The highest BCUT2D eigenvalue weighted by atomic mass is 16.3. The molecule has 0 aliphatic heterocycles. The van der Waals surface area contributed by atoms with Crippen LogP contribution < -0.4 is 4.90 Å². The molecular formula is C60H47NO. The van der Waals surface area contributed by atoms with Crippen molar-refractivity contribution in [3.63, 3.8) is 0 Å². The number of benzene rings is 9. The Bertz CT molecular complexity index is 3310. The van der Waals surface area contributed by atoms with Crippen molar-refractivity contribution in [3.8, 4) is 33.4 Å². The molecule has 0 radical (unpaired) electrons. The fourth-order valence-corrected chi connectivity index (χ4v) is 11.2. The number of para-hydroxylation sites is 4. The number of rotatable bonds is 7. The Labute approximate surface area is 363 Å². The molecule has 0 bridgehead atoms. The highest BCUT2D eigenvalue weighted by Crippen LogP contribution is 2.55. The Balaban J connectivity index is 1.14. The monoisotopic (exact) mass is 797 g/mol. The van der Waals surface area contributed by atoms with Gasteiger partial charge in [0.25, 0.3) is 0 Å². The van der Waals surface area contributed by atoms with Crippen molar-refractivity contribution in [2.75, 3.05) is 4.90 Å². The SMILES string of the molecule is CC1(c2ccccc2)c2ccccc2-c2ccc(N(c3ccccc3-c3cccc4c3oc3ccccc34)c3ccccc3-c3cccc4cccc(C5CCCCC5)c34)cc21. The van der Waals surface area contributed by atoms with Gasteiger partial charge in [0, 0.05) is 38.6 Å². The van der Waals surface area contributed by atoms with Crippen LogP contribution in [0, 0.1) is 0 Å². The Kier molecular flexibility index (Phi) is 8.74. The van der Waals surface area contributed by atoms with Gasteiger partial charge < -0.3 is 9.32 Å². The number of anilines is 3. The van der Waals surface area contributed by atoms with E-state index < -0.39 is 0 Å². The van der Waals surface area contributed by atoms with Gasteiger partial charge in [0.05, 0.1) is 11.4 Å². The lowest BCUT2D eigenvalue weighted by Gasteiger charge is -2.33. The zero-order valence-corrected chi connectivity index (χ0v) is 35.0. The van der Waals surface area contributed by atoms with Crippen molar-refractivity contribution in [1.82, 2.24) is 0 Å². The van der Waals surface area contributed by atoms with Gasteiger partial charge in [-0.05, 0) is 106 Å². The molecule has 2 aliphatic carbocycles. The lowest BCUT2D eigenvalue weighted by Crippen LogP contribution is -2.23. The zero-order valence-electron chi connectivity index (χ0n) is 35.0. The molecule has 0 N–H and O–H groups in total. The second-order valence-electron chi connectivity index (χ2n) is 17.5. The second-order valence-corrected chi connectivity index (χ2v) is 17.5. The van der Waals surface area contributed by atoms with E-state index in [-0.39, 0.29) is 5.41 Å². The molecule has 1 fully saturated rings. The molecule has 1 saturated carbocycles. The summed E-state index contributed by atoms with van der Waals surface area (Å²) in [5.41, 5.74) is 17.5. The fourth-order valence-electron chi connectivity index (χ4n) is 11.2. The van der Waals surface area contributed by atoms with Crippen LogP contribution in [0.4, 0.5) is 17.1 Å². The van der Waals surface area contributed by atoms with E-state index >= 15 is 0 Å². The summed E-state index contributed by atoms with van der Waals surface area (Å²) in [6.07, 6.45) is 6.43. The van der Waals surface area contributed by atoms with E-state index in [1.54, 1.807) is 0 Å². The lowest BCUT2D eigenvalue weighted by atomic mass is 9.74. The number of hydrogen-bond donors (Lipinski definition) is 0. The highest BCUT2D eigenvalue weighted by molar-refractivity contribution is 6.11. The summed E-state index contributed by atoms with van der Waals surface area (Å²) in [4.78, 5) is 2.53. The van der Waals surface area contributed by atoms with Gasteiger partial charge >= 0.3 is 0 Å². The van der Waals surface area contributed by atoms with Gasteiger partial charge in [-0.2, -0.15) is 0 Å². The van der Waals surface area contributed by atoms with Gasteiger partial charge in [-0.3, -0.25) is 0 Å². The van der Waals surface area contributed by atoms with Crippen LogP contribution in [0.1, 0.15) is 67.2 Å². The van der Waals surface area contributed by atoms with E-state index in [0.29, 0.717) is 5.92 Å². The molecule has 1 unspecified atom stereocenters. The molecule has 1 aromatic heterocycles. The van der Waals surface area contributed by atoms with Crippen molar-refractivity contribution in [2.45, 2.75) is 50.4 Å². The van der Waals surface area contributed by atoms with Crippen LogP contribution in [0.15, 0.2) is 205 Å². The Morgan fingerprint density at radius 1 is 0.468 bits per heavy atom. The molecule has 9 aromatic carbocycles. The largest absolute Gasteiger partial charge is 0.455 e. The van der Waals surface area contributed by atoms with Crippen molar-refractivity contribution in [1.29, 1.82) is 0 Å². The van der Waals surface area contributed by atoms with E-state index in [9.17, 15) is 0 Å². The van der Waals surface area contributed by atoms with E-state index in [0.717, 1.165) is 50.1 Å². The predicted octanol–water partition coefficient (Wildman–Crippen LogP) is 16.9. The van der Waals surface area contributed by atoms with Crippen LogP contribution in [-0.2, 0) is 5.41 Å². The van der Waals surface area contributed by atoms with E-state index in [1.165, 1.54) is 87.4 Å². The first-order valence-corrected chi connectivity index (χ1v) is 22.4. The minimum absolute atomic E-state index is 0.349. The third-order valence-electron chi connectivity index (χ3n) is 14.2. The average molecular weight is 798 g/mol. The smallest absolute Gasteiger partial charge is 0.143 e. The number of nitrogens with zero attached hydrogens (tertiary/aromatic N) is 1. The van der Waals surface area contributed by atoms with Gasteiger partial charge in [-0.25, -0.2) is 0 Å². The number of hydrogen-bond acceptors (Lipinski definition) is 2. The summed E-state index contributed by atoms with van der Waals surface area (Å²) in [6, 6.07) is 74.1. The summed E-state index contributed by atoms with van der Waals surface area (Å²) in [7, 11) is 0. The van der Waals surface area contributed by atoms with Gasteiger partial charge in [0.15, 0.2) is 0 Å². The first-order valence-electron chi connectivity index (χ1n) is 22.4. The standard InChI is InChI=1S/C60H47NO/c1-60(42-23-6-3-7-24-42)53-33-12-8-25-45(53)46-38-37-43(39-54(46)60)61(56-35-14-10-27-48(56)51-31-18-32-52-49-28-11-15-36-57(49)62-59(51)52)55-34-13-9-26-47(55)50-30-17-22-41-21-16-29-44(58(41)50)40-19-4-2-5-20-40/h3,6-18,21-40H,2,4-5,19-20H2,1H3. The first kappa shape index (κ1) is 36.7. The summed E-state index contributed by atoms with van der Waals surface area (Å²) in [5, 5.41) is 4.94. The maximum atomic E-state index is 6.75. The van der Waals surface area contributed by atoms with Crippen LogP contribution >= 0.6 is 0 Å². The number of fused-ring (bicyclic) bond motifs is 7. The molecule has 2 aliphatic rings. The van der Waals surface area contributed by atoms with Crippen molar-refractivity contribution in [3.05, 3.63) is 222 Å². The van der Waals surface area contributed by atoms with E-state index in [2.05, 4.69) is 212 Å². The maximum Gasteiger partial charge on any atom is 0.143 e. The van der Waals surface area contributed by atoms with Crippen molar-refractivity contribution < 1.29 is 4.42 Å². The summed E-state index contributed by atoms with van der Waals surface area (Å²) in [6.45, 7) is 2.41. The van der Waals surface area contributed by atoms with Gasteiger partial charge in [0.2, 0.25) is 0 Å². The first-order chi connectivity index (χ1) is 30.7. The van der Waals surface area contributed by atoms with Gasteiger partial charge in [-0.15, -0.1) is 0 Å². The third-order valence-corrected chi connectivity index (χ3v) is 14.2. The molecule has 10 aromatic rings. The molecule has 62 heavy (non-hydrogen) atoms. The molecule has 2 heteroatoms. The zero-order chi connectivity index (χ0) is 41.2. The van der Waals surface area contributed by atoms with Crippen LogP contribution in [-0.4, -0.2) is 0 Å². The maximum absolute atomic E-state index is 6.75. The molecule has 1 heterocycles. The summed E-state index contributed by atoms with van der Waals surface area (Å²) >= 11 is 0.